The van der Waals surface area contributed by atoms with Crippen LogP contribution in [0.1, 0.15) is 9.67 Å². The van der Waals surface area contributed by atoms with Crippen molar-refractivity contribution in [1.82, 2.24) is 10.2 Å². The van der Waals surface area contributed by atoms with Gasteiger partial charge in [-0.2, -0.15) is 10.2 Å². The smallest absolute Gasteiger partial charge is 0.160 e. The van der Waals surface area contributed by atoms with Crippen LogP contribution in [-0.4, -0.2) is 16.5 Å². The summed E-state index contributed by atoms with van der Waals surface area (Å²) in [6.45, 7) is 0. The molecule has 0 unspecified atom stereocenters. The molecule has 0 aliphatic rings. The van der Waals surface area contributed by atoms with E-state index in [9.17, 15) is 4.79 Å². The van der Waals surface area contributed by atoms with Gasteiger partial charge < -0.3 is 0 Å². The second-order valence-electron chi connectivity index (χ2n) is 2.08. The van der Waals surface area contributed by atoms with E-state index in [4.69, 9.17) is 0 Å². The molecule has 0 amide bonds. The van der Waals surface area contributed by atoms with Crippen molar-refractivity contribution in [3.05, 3.63) is 22.7 Å². The minimum Gasteiger partial charge on any atom is -0.297 e. The zero-order valence-electron chi connectivity index (χ0n) is 5.52. The quantitative estimate of drug-likeness (QED) is 0.600. The molecule has 2 aromatic heterocycles. The first-order chi connectivity index (χ1) is 5.42. The maximum Gasteiger partial charge on any atom is 0.160 e. The van der Waals surface area contributed by atoms with Crippen molar-refractivity contribution in [2.24, 2.45) is 0 Å². The van der Waals surface area contributed by atoms with Crippen LogP contribution in [0.25, 0.3) is 10.8 Å². The molecule has 4 heteroatoms. The van der Waals surface area contributed by atoms with E-state index in [1.54, 1.807) is 12.4 Å². The van der Waals surface area contributed by atoms with Gasteiger partial charge in [0.05, 0.1) is 17.3 Å². The highest BCUT2D eigenvalue weighted by atomic mass is 32.1. The first kappa shape index (κ1) is 6.42. The Hall–Kier alpha value is -1.29. The van der Waals surface area contributed by atoms with Crippen molar-refractivity contribution in [2.75, 3.05) is 0 Å². The van der Waals surface area contributed by atoms with Crippen LogP contribution in [0.4, 0.5) is 0 Å². The molecule has 0 aliphatic heterocycles. The minimum atomic E-state index is 0.718. The largest absolute Gasteiger partial charge is 0.297 e. The van der Waals surface area contributed by atoms with E-state index < -0.39 is 0 Å². The summed E-state index contributed by atoms with van der Waals surface area (Å²) in [6.07, 6.45) is 4.10. The number of fused-ring (bicyclic) bond motifs is 1. The molecule has 2 aromatic rings. The fourth-order valence-electron chi connectivity index (χ4n) is 0.912. The highest BCUT2D eigenvalue weighted by Gasteiger charge is 2.01. The Bertz CT molecular complexity index is 396. The van der Waals surface area contributed by atoms with Gasteiger partial charge in [0.1, 0.15) is 0 Å². The number of hydrogen-bond donors (Lipinski definition) is 0. The average Bonchev–Trinajstić information content (AvgIpc) is 2.47. The van der Waals surface area contributed by atoms with E-state index in [0.717, 1.165) is 21.9 Å². The lowest BCUT2D eigenvalue weighted by Crippen LogP contribution is -1.78. The van der Waals surface area contributed by atoms with Crippen LogP contribution in [-0.2, 0) is 0 Å². The molecule has 11 heavy (non-hydrogen) atoms. The molecule has 3 nitrogen and oxygen atoms in total. The Labute approximate surface area is 66.7 Å². The average molecular weight is 164 g/mol. The third-order valence-electron chi connectivity index (χ3n) is 1.45. The van der Waals surface area contributed by atoms with Gasteiger partial charge in [-0.1, -0.05) is 0 Å². The summed E-state index contributed by atoms with van der Waals surface area (Å²) in [5.74, 6) is 0. The van der Waals surface area contributed by atoms with E-state index in [0.29, 0.717) is 0 Å². The lowest BCUT2D eigenvalue weighted by molar-refractivity contribution is 0.112. The zero-order valence-corrected chi connectivity index (χ0v) is 6.34. The molecule has 0 aliphatic carbocycles. The number of aromatic nitrogens is 2. The summed E-state index contributed by atoms with van der Waals surface area (Å²) >= 11 is 1.41. The Kier molecular flexibility index (Phi) is 1.40. The SMILES string of the molecule is O=Cc1scc2cnncc12. The van der Waals surface area contributed by atoms with Gasteiger partial charge in [-0.05, 0) is 0 Å². The normalized spacial score (nSPS) is 10.2. The van der Waals surface area contributed by atoms with Crippen molar-refractivity contribution in [2.45, 2.75) is 0 Å². The van der Waals surface area contributed by atoms with Gasteiger partial charge in [0.2, 0.25) is 0 Å². The molecule has 0 radical (unpaired) electrons. The standard InChI is InChI=1S/C7H4N2OS/c10-3-7-6-2-9-8-1-5(6)4-11-7/h1-4H. The Morgan fingerprint density at radius 1 is 1.36 bits per heavy atom. The van der Waals surface area contributed by atoms with Crippen LogP contribution >= 0.6 is 11.3 Å². The second kappa shape index (κ2) is 2.39. The summed E-state index contributed by atoms with van der Waals surface area (Å²) < 4.78 is 0. The number of carbonyl (C=O) groups is 1. The third-order valence-corrected chi connectivity index (χ3v) is 2.39. The molecule has 54 valence electrons. The monoisotopic (exact) mass is 164 g/mol. The maximum atomic E-state index is 10.4. The molecular weight excluding hydrogens is 160 g/mol. The van der Waals surface area contributed by atoms with Gasteiger partial charge >= 0.3 is 0 Å². The van der Waals surface area contributed by atoms with Gasteiger partial charge in [0, 0.05) is 16.2 Å². The van der Waals surface area contributed by atoms with Gasteiger partial charge in [0.15, 0.2) is 6.29 Å². The molecule has 0 saturated heterocycles. The minimum absolute atomic E-state index is 0.718. The molecule has 2 rings (SSSR count). The number of hydrogen-bond acceptors (Lipinski definition) is 4. The second-order valence-corrected chi connectivity index (χ2v) is 2.99. The fraction of sp³-hybridized carbons (Fsp3) is 0. The van der Waals surface area contributed by atoms with Crippen molar-refractivity contribution in [3.63, 3.8) is 0 Å². The molecule has 2 heterocycles. The summed E-state index contributed by atoms with van der Waals surface area (Å²) in [5.41, 5.74) is 0. The predicted octanol–water partition coefficient (Wildman–Crippen LogP) is 1.50. The van der Waals surface area contributed by atoms with Crippen LogP contribution in [0.5, 0.6) is 0 Å². The third kappa shape index (κ3) is 0.914. The van der Waals surface area contributed by atoms with Gasteiger partial charge in [-0.15, -0.1) is 11.3 Å². The van der Waals surface area contributed by atoms with Gasteiger partial charge in [0.25, 0.3) is 0 Å². The lowest BCUT2D eigenvalue weighted by Gasteiger charge is -1.84. The fourth-order valence-corrected chi connectivity index (χ4v) is 1.71. The number of aldehydes is 1. The van der Waals surface area contributed by atoms with E-state index in [1.165, 1.54) is 11.3 Å². The van der Waals surface area contributed by atoms with E-state index in [1.807, 2.05) is 5.38 Å². The molecular formula is C7H4N2OS. The highest BCUT2D eigenvalue weighted by Crippen LogP contribution is 2.21. The maximum absolute atomic E-state index is 10.4. The number of rotatable bonds is 1. The topological polar surface area (TPSA) is 42.9 Å². The summed E-state index contributed by atoms with van der Waals surface area (Å²) in [6, 6.07) is 0. The van der Waals surface area contributed by atoms with Crippen molar-refractivity contribution in [1.29, 1.82) is 0 Å². The number of thiophene rings is 1. The lowest BCUT2D eigenvalue weighted by atomic mass is 10.3. The van der Waals surface area contributed by atoms with Gasteiger partial charge in [-0.25, -0.2) is 0 Å². The molecule has 0 aromatic carbocycles. The van der Waals surface area contributed by atoms with Crippen LogP contribution in [0.15, 0.2) is 17.8 Å². The number of nitrogens with zero attached hydrogens (tertiary/aromatic N) is 2. The van der Waals surface area contributed by atoms with Crippen LogP contribution in [0.3, 0.4) is 0 Å². The molecule has 0 fully saturated rings. The summed E-state index contributed by atoms with van der Waals surface area (Å²) in [4.78, 5) is 11.2. The van der Waals surface area contributed by atoms with E-state index in [-0.39, 0.29) is 0 Å². The first-order valence-electron chi connectivity index (χ1n) is 3.05. The van der Waals surface area contributed by atoms with Crippen LogP contribution < -0.4 is 0 Å². The Balaban J connectivity index is 2.86. The molecule has 0 bridgehead atoms. The predicted molar refractivity (Wildman–Crippen MR) is 42.8 cm³/mol. The Morgan fingerprint density at radius 3 is 3.00 bits per heavy atom. The molecule has 0 spiro atoms. The van der Waals surface area contributed by atoms with Crippen LogP contribution in [0, 0.1) is 0 Å². The van der Waals surface area contributed by atoms with Crippen molar-refractivity contribution in [3.8, 4) is 0 Å². The van der Waals surface area contributed by atoms with Crippen molar-refractivity contribution >= 4 is 28.4 Å². The summed E-state index contributed by atoms with van der Waals surface area (Å²) in [7, 11) is 0. The first-order valence-corrected chi connectivity index (χ1v) is 3.93. The van der Waals surface area contributed by atoms with Crippen molar-refractivity contribution < 1.29 is 4.79 Å². The van der Waals surface area contributed by atoms with Gasteiger partial charge in [-0.3, -0.25) is 4.79 Å². The zero-order chi connectivity index (χ0) is 7.68. The molecule has 0 atom stereocenters. The Morgan fingerprint density at radius 2 is 2.18 bits per heavy atom. The van der Waals surface area contributed by atoms with E-state index in [2.05, 4.69) is 10.2 Å². The number of carbonyl (C=O) groups excluding carboxylic acids is 1. The summed E-state index contributed by atoms with van der Waals surface area (Å²) in [5, 5.41) is 11.2. The van der Waals surface area contributed by atoms with Crippen LogP contribution in [0.2, 0.25) is 0 Å². The molecule has 0 N–H and O–H groups in total. The molecule has 0 saturated carbocycles. The van der Waals surface area contributed by atoms with E-state index >= 15 is 0 Å². The highest BCUT2D eigenvalue weighted by molar-refractivity contribution is 7.13.